The van der Waals surface area contributed by atoms with Gasteiger partial charge in [-0.2, -0.15) is 0 Å². The SMILES string of the molecule is CN(C(=O)O)C1(COc2cncc(-c3ccccc3)c2)CC1. The second-order valence-corrected chi connectivity index (χ2v) is 5.63. The van der Waals surface area contributed by atoms with Gasteiger partial charge >= 0.3 is 6.09 Å². The summed E-state index contributed by atoms with van der Waals surface area (Å²) in [4.78, 5) is 16.7. The van der Waals surface area contributed by atoms with Crippen molar-refractivity contribution in [1.29, 1.82) is 0 Å². The standard InChI is InChI=1S/C17H18N2O3/c1-19(16(20)21)17(7-8-17)12-22-15-9-14(10-18-11-15)13-5-3-2-4-6-13/h2-6,9-11H,7-8,12H2,1H3,(H,20,21). The highest BCUT2D eigenvalue weighted by atomic mass is 16.5. The third kappa shape index (κ3) is 2.88. The van der Waals surface area contributed by atoms with Crippen LogP contribution < -0.4 is 4.74 Å². The minimum Gasteiger partial charge on any atom is -0.490 e. The van der Waals surface area contributed by atoms with Crippen LogP contribution >= 0.6 is 0 Å². The fourth-order valence-corrected chi connectivity index (χ4v) is 2.43. The number of carbonyl (C=O) groups is 1. The van der Waals surface area contributed by atoms with Gasteiger partial charge in [0.25, 0.3) is 0 Å². The van der Waals surface area contributed by atoms with Crippen LogP contribution in [0, 0.1) is 0 Å². The molecule has 5 heteroatoms. The lowest BCUT2D eigenvalue weighted by Gasteiger charge is -2.25. The molecule has 1 aromatic carbocycles. The largest absolute Gasteiger partial charge is 0.490 e. The van der Waals surface area contributed by atoms with Gasteiger partial charge in [-0.25, -0.2) is 4.79 Å². The van der Waals surface area contributed by atoms with Crippen molar-refractivity contribution in [3.8, 4) is 16.9 Å². The van der Waals surface area contributed by atoms with Gasteiger partial charge in [0.2, 0.25) is 0 Å². The van der Waals surface area contributed by atoms with Gasteiger partial charge in [-0.15, -0.1) is 0 Å². The number of likely N-dealkylation sites (N-methyl/N-ethyl adjacent to an activating group) is 1. The molecule has 0 radical (unpaired) electrons. The average molecular weight is 298 g/mol. The van der Waals surface area contributed by atoms with E-state index in [1.807, 2.05) is 36.4 Å². The zero-order valence-electron chi connectivity index (χ0n) is 12.4. The third-order valence-corrected chi connectivity index (χ3v) is 4.15. The molecule has 1 fully saturated rings. The Kier molecular flexibility index (Phi) is 3.71. The molecule has 1 amide bonds. The quantitative estimate of drug-likeness (QED) is 0.920. The summed E-state index contributed by atoms with van der Waals surface area (Å²) in [5.41, 5.74) is 1.67. The van der Waals surface area contributed by atoms with Crippen LogP contribution in [0.2, 0.25) is 0 Å². The summed E-state index contributed by atoms with van der Waals surface area (Å²) < 4.78 is 5.80. The molecular formula is C17H18N2O3. The summed E-state index contributed by atoms with van der Waals surface area (Å²) in [7, 11) is 1.59. The minimum atomic E-state index is -0.919. The molecule has 0 spiro atoms. The van der Waals surface area contributed by atoms with E-state index < -0.39 is 6.09 Å². The zero-order chi connectivity index (χ0) is 15.6. The number of ether oxygens (including phenoxy) is 1. The smallest absolute Gasteiger partial charge is 0.407 e. The molecule has 1 aromatic heterocycles. The van der Waals surface area contributed by atoms with Crippen LogP contribution in [-0.4, -0.2) is 40.3 Å². The topological polar surface area (TPSA) is 62.7 Å². The number of amides is 1. The van der Waals surface area contributed by atoms with Gasteiger partial charge in [-0.05, 0) is 24.5 Å². The Bertz CT molecular complexity index is 669. The molecule has 0 atom stereocenters. The van der Waals surface area contributed by atoms with E-state index in [2.05, 4.69) is 4.98 Å². The Labute approximate surface area is 129 Å². The van der Waals surface area contributed by atoms with E-state index in [1.165, 1.54) is 4.90 Å². The zero-order valence-corrected chi connectivity index (χ0v) is 12.4. The summed E-state index contributed by atoms with van der Waals surface area (Å²) in [6.07, 6.45) is 4.20. The van der Waals surface area contributed by atoms with E-state index in [-0.39, 0.29) is 5.54 Å². The van der Waals surface area contributed by atoms with E-state index in [0.29, 0.717) is 12.4 Å². The van der Waals surface area contributed by atoms with Gasteiger partial charge in [0.05, 0.1) is 11.7 Å². The van der Waals surface area contributed by atoms with Gasteiger partial charge < -0.3 is 14.7 Å². The first kappa shape index (κ1) is 14.4. The second-order valence-electron chi connectivity index (χ2n) is 5.63. The van der Waals surface area contributed by atoms with E-state index in [1.54, 1.807) is 19.4 Å². The molecule has 1 aliphatic carbocycles. The lowest BCUT2D eigenvalue weighted by molar-refractivity contribution is 0.109. The predicted octanol–water partition coefficient (Wildman–Crippen LogP) is 3.27. The highest BCUT2D eigenvalue weighted by Gasteiger charge is 2.49. The third-order valence-electron chi connectivity index (χ3n) is 4.15. The van der Waals surface area contributed by atoms with Gasteiger partial charge in [0.15, 0.2) is 0 Å². The number of nitrogens with zero attached hydrogens (tertiary/aromatic N) is 2. The lowest BCUT2D eigenvalue weighted by Crippen LogP contribution is -2.42. The van der Waals surface area contributed by atoms with Gasteiger partial charge in [-0.3, -0.25) is 4.98 Å². The number of hydrogen-bond acceptors (Lipinski definition) is 3. The van der Waals surface area contributed by atoms with Crippen molar-refractivity contribution in [1.82, 2.24) is 9.88 Å². The molecule has 1 N–H and O–H groups in total. The van der Waals surface area contributed by atoms with Crippen molar-refractivity contribution < 1.29 is 14.6 Å². The van der Waals surface area contributed by atoms with Crippen molar-refractivity contribution in [2.24, 2.45) is 0 Å². The summed E-state index contributed by atoms with van der Waals surface area (Å²) in [6.45, 7) is 0.357. The summed E-state index contributed by atoms with van der Waals surface area (Å²) in [6, 6.07) is 11.9. The van der Waals surface area contributed by atoms with Crippen LogP contribution in [0.3, 0.4) is 0 Å². The van der Waals surface area contributed by atoms with Crippen LogP contribution in [-0.2, 0) is 0 Å². The highest BCUT2D eigenvalue weighted by molar-refractivity contribution is 5.66. The molecule has 3 rings (SSSR count). The Morgan fingerprint density at radius 3 is 2.64 bits per heavy atom. The van der Waals surface area contributed by atoms with E-state index in [4.69, 9.17) is 9.84 Å². The van der Waals surface area contributed by atoms with Gasteiger partial charge in [0, 0.05) is 18.8 Å². The maximum atomic E-state index is 11.1. The van der Waals surface area contributed by atoms with Gasteiger partial charge in [0.1, 0.15) is 12.4 Å². The first-order valence-electron chi connectivity index (χ1n) is 7.21. The molecule has 0 aliphatic heterocycles. The Morgan fingerprint density at radius 1 is 1.27 bits per heavy atom. The fraction of sp³-hybridized carbons (Fsp3) is 0.294. The first-order chi connectivity index (χ1) is 10.6. The summed E-state index contributed by atoms with van der Waals surface area (Å²) in [5.74, 6) is 0.659. The molecule has 22 heavy (non-hydrogen) atoms. The number of hydrogen-bond donors (Lipinski definition) is 1. The normalized spacial score (nSPS) is 15.1. The molecular weight excluding hydrogens is 280 g/mol. The molecule has 114 valence electrons. The number of rotatable bonds is 5. The Balaban J connectivity index is 1.71. The van der Waals surface area contributed by atoms with Crippen molar-refractivity contribution in [2.45, 2.75) is 18.4 Å². The number of carboxylic acid groups (broad SMARTS) is 1. The molecule has 1 aliphatic rings. The second kappa shape index (κ2) is 5.67. The van der Waals surface area contributed by atoms with E-state index in [0.717, 1.165) is 24.0 Å². The molecule has 0 unspecified atom stereocenters. The number of aromatic nitrogens is 1. The first-order valence-corrected chi connectivity index (χ1v) is 7.21. The number of pyridine rings is 1. The van der Waals surface area contributed by atoms with Crippen LogP contribution in [0.15, 0.2) is 48.8 Å². The summed E-state index contributed by atoms with van der Waals surface area (Å²) in [5, 5.41) is 9.11. The molecule has 0 bridgehead atoms. The minimum absolute atomic E-state index is 0.357. The van der Waals surface area contributed by atoms with Crippen LogP contribution in [0.25, 0.3) is 11.1 Å². The van der Waals surface area contributed by atoms with Crippen molar-refractivity contribution in [2.75, 3.05) is 13.7 Å². The predicted molar refractivity (Wildman–Crippen MR) is 82.9 cm³/mol. The molecule has 2 aromatic rings. The van der Waals surface area contributed by atoms with Crippen molar-refractivity contribution >= 4 is 6.09 Å². The maximum Gasteiger partial charge on any atom is 0.407 e. The van der Waals surface area contributed by atoms with Crippen LogP contribution in [0.1, 0.15) is 12.8 Å². The van der Waals surface area contributed by atoms with E-state index >= 15 is 0 Å². The van der Waals surface area contributed by atoms with Crippen molar-refractivity contribution in [3.63, 3.8) is 0 Å². The molecule has 1 heterocycles. The molecule has 1 saturated carbocycles. The molecule has 5 nitrogen and oxygen atoms in total. The number of benzene rings is 1. The Morgan fingerprint density at radius 2 is 2.00 bits per heavy atom. The van der Waals surface area contributed by atoms with Crippen LogP contribution in [0.4, 0.5) is 4.79 Å². The lowest BCUT2D eigenvalue weighted by atomic mass is 10.1. The molecule has 0 saturated heterocycles. The van der Waals surface area contributed by atoms with Gasteiger partial charge in [-0.1, -0.05) is 30.3 Å². The monoisotopic (exact) mass is 298 g/mol. The van der Waals surface area contributed by atoms with Crippen LogP contribution in [0.5, 0.6) is 5.75 Å². The summed E-state index contributed by atoms with van der Waals surface area (Å²) >= 11 is 0. The highest BCUT2D eigenvalue weighted by Crippen LogP contribution is 2.41. The Hall–Kier alpha value is -2.56. The van der Waals surface area contributed by atoms with E-state index in [9.17, 15) is 4.79 Å². The average Bonchev–Trinajstić information content (AvgIpc) is 3.34. The van der Waals surface area contributed by atoms with Crippen molar-refractivity contribution in [3.05, 3.63) is 48.8 Å². The maximum absolute atomic E-state index is 11.1. The fourth-order valence-electron chi connectivity index (χ4n) is 2.43.